The van der Waals surface area contributed by atoms with Gasteiger partial charge < -0.3 is 28.8 Å². The molecule has 2 fully saturated rings. The van der Waals surface area contributed by atoms with E-state index in [1.807, 2.05) is 123 Å². The SMILES string of the molecule is COC1CCC(c2ccc(-c3cc(F)c(C)c(F)c3)cc2)CC1.COC1CCC(c2ccc(-c3ccc(C)c(F)c3F)cc2)CC1.COc1ccc(-c2ccc(-c3ccc(C)cc3)cc2)cc1.COc1ccc(-c2ccc(C#N)cc2)cc1.COc1ccc(-c2ccc(C)cc2)c(F)c1F.Cc1ccc(-c2c(F)cc(O)cc2F)cc1. The van der Waals surface area contributed by atoms with Gasteiger partial charge in [-0.05, 0) is 236 Å². The van der Waals surface area contributed by atoms with Gasteiger partial charge in [-0.25, -0.2) is 30.7 Å². The summed E-state index contributed by atoms with van der Waals surface area (Å²) in [5, 5.41) is 17.7. The molecule has 7 nitrogen and oxygen atoms in total. The van der Waals surface area contributed by atoms with Crippen molar-refractivity contribution in [2.45, 2.75) is 110 Å². The molecular weight excluding hydrogens is 1480 g/mol. The Labute approximate surface area is 676 Å². The second-order valence-corrected chi connectivity index (χ2v) is 28.8. The molecule has 0 heterocycles. The van der Waals surface area contributed by atoms with Crippen molar-refractivity contribution in [1.82, 2.24) is 0 Å². The average molecular weight is 1570 g/mol. The molecule has 15 heteroatoms. The second-order valence-electron chi connectivity index (χ2n) is 28.8. The molecule has 13 aromatic rings. The Hall–Kier alpha value is -12.1. The minimum Gasteiger partial charge on any atom is -0.508 e. The van der Waals surface area contributed by atoms with E-state index >= 15 is 0 Å². The first-order chi connectivity index (χ1) is 56.0. The number of aromatic hydroxyl groups is 1. The minimum absolute atomic E-state index is 0.0697. The fourth-order valence-electron chi connectivity index (χ4n) is 13.9. The third kappa shape index (κ3) is 23.1. The van der Waals surface area contributed by atoms with Crippen LogP contribution in [0.15, 0.2) is 267 Å². The van der Waals surface area contributed by atoms with Crippen LogP contribution in [0.25, 0.3) is 77.9 Å². The Bertz CT molecular complexity index is 5310. The van der Waals surface area contributed by atoms with E-state index in [0.29, 0.717) is 57.4 Å². The third-order valence-electron chi connectivity index (χ3n) is 21.1. The van der Waals surface area contributed by atoms with Gasteiger partial charge >= 0.3 is 0 Å². The lowest BCUT2D eigenvalue weighted by atomic mass is 9.82. The van der Waals surface area contributed by atoms with Crippen LogP contribution in [-0.4, -0.2) is 52.9 Å². The van der Waals surface area contributed by atoms with Gasteiger partial charge in [-0.3, -0.25) is 0 Å². The molecule has 0 atom stereocenters. The molecule has 0 aromatic heterocycles. The van der Waals surface area contributed by atoms with Gasteiger partial charge in [-0.15, -0.1) is 0 Å². The van der Waals surface area contributed by atoms with Crippen LogP contribution in [0.2, 0.25) is 0 Å². The van der Waals surface area contributed by atoms with Crippen LogP contribution in [0.1, 0.15) is 108 Å². The number of hydrogen-bond acceptors (Lipinski definition) is 7. The molecule has 13 aromatic carbocycles. The maximum absolute atomic E-state index is 14.1. The van der Waals surface area contributed by atoms with Crippen LogP contribution in [0.5, 0.6) is 23.0 Å². The summed E-state index contributed by atoms with van der Waals surface area (Å²) in [5.74, 6) is -3.55. The van der Waals surface area contributed by atoms with Crippen LogP contribution in [0, 0.1) is 92.5 Å². The fourth-order valence-corrected chi connectivity index (χ4v) is 13.9. The Morgan fingerprint density at radius 3 is 1.00 bits per heavy atom. The maximum atomic E-state index is 14.1. The van der Waals surface area contributed by atoms with E-state index in [4.69, 9.17) is 34.1 Å². The van der Waals surface area contributed by atoms with Gasteiger partial charge in [0, 0.05) is 43.0 Å². The monoisotopic (exact) mass is 1570 g/mol. The largest absolute Gasteiger partial charge is 0.508 e. The fraction of sp³-hybridized carbons (Fsp3) is 0.218. The molecule has 1 N–H and O–H groups in total. The second kappa shape index (κ2) is 41.8. The summed E-state index contributed by atoms with van der Waals surface area (Å²) in [7, 11) is 8.19. The first-order valence-corrected chi connectivity index (χ1v) is 38.5. The van der Waals surface area contributed by atoms with Crippen molar-refractivity contribution in [2.75, 3.05) is 35.5 Å². The van der Waals surface area contributed by atoms with E-state index in [0.717, 1.165) is 108 Å². The number of aryl methyl sites for hydroxylation is 4. The number of phenolic OH excluding ortho intramolecular Hbond substituents is 1. The number of methoxy groups -OCH3 is 5. The Morgan fingerprint density at radius 1 is 0.310 bits per heavy atom. The van der Waals surface area contributed by atoms with Gasteiger partial charge in [0.1, 0.15) is 40.5 Å². The van der Waals surface area contributed by atoms with E-state index in [2.05, 4.69) is 85.8 Å². The summed E-state index contributed by atoms with van der Waals surface area (Å²) in [5.41, 5.74) is 17.9. The van der Waals surface area contributed by atoms with Crippen molar-refractivity contribution < 1.29 is 63.9 Å². The number of halogens is 8. The predicted molar refractivity (Wildman–Crippen MR) is 450 cm³/mol. The first-order valence-electron chi connectivity index (χ1n) is 38.5. The number of nitrogens with zero attached hydrogens (tertiary/aromatic N) is 1. The Kier molecular flexibility index (Phi) is 31.1. The van der Waals surface area contributed by atoms with Gasteiger partial charge in [-0.1, -0.05) is 211 Å². The maximum Gasteiger partial charge on any atom is 0.201 e. The zero-order valence-electron chi connectivity index (χ0n) is 66.8. The lowest BCUT2D eigenvalue weighted by molar-refractivity contribution is 0.0658. The molecular formula is C101H95F8NO6. The summed E-state index contributed by atoms with van der Waals surface area (Å²) in [4.78, 5) is 0. The molecule has 116 heavy (non-hydrogen) atoms. The van der Waals surface area contributed by atoms with Crippen LogP contribution in [-0.2, 0) is 9.47 Å². The molecule has 596 valence electrons. The number of nitriles is 1. The van der Waals surface area contributed by atoms with E-state index in [1.54, 1.807) is 83.9 Å². The quantitative estimate of drug-likeness (QED) is 0.108. The van der Waals surface area contributed by atoms with E-state index in [-0.39, 0.29) is 22.4 Å². The average Bonchev–Trinajstić information content (AvgIpc) is 0.820. The van der Waals surface area contributed by atoms with Crippen molar-refractivity contribution in [3.05, 3.63) is 358 Å². The highest BCUT2D eigenvalue weighted by molar-refractivity contribution is 5.73. The zero-order chi connectivity index (χ0) is 83.0. The summed E-state index contributed by atoms with van der Waals surface area (Å²) in [6, 6.07) is 83.8. The van der Waals surface area contributed by atoms with Gasteiger partial charge in [0.05, 0.1) is 50.7 Å². The standard InChI is InChI=1S/2C20H22F2O.C20H18O.C14H12F2O.C14H11NO.C13H10F2O/c1-13-3-12-18(20(22)19(13)21)16-6-4-14(5-7-16)15-8-10-17(23-2)11-9-15;1-13-19(21)11-17(12-20(13)22)16-5-3-14(4-6-16)15-7-9-18(23-2)10-8-15;1-15-3-5-16(6-4-15)17-7-9-18(10-8-17)19-11-13-20(21-2)14-12-19;1-9-3-5-10(6-4-9)11-7-8-12(17-2)14(16)13(11)15;1-16-14-8-6-13(7-9-14)12-4-2-11(10-15)3-5-12;1-8-2-4-9(5-3-8)13-11(14)6-10(16)7-12(13)15/h3-7,12,15,17H,8-11H2,1-2H3;3-6,11-12,15,18H,7-10H2,1-2H3;3-14H,1-2H3;3-8H,1-2H3;2-9H,1H3;2-7,16H,1H3. The number of hydrogen-bond donors (Lipinski definition) is 1. The highest BCUT2D eigenvalue weighted by atomic mass is 19.2. The van der Waals surface area contributed by atoms with E-state index < -0.39 is 52.3 Å². The molecule has 15 rings (SSSR count). The van der Waals surface area contributed by atoms with Crippen LogP contribution >= 0.6 is 0 Å². The number of ether oxygens (including phenoxy) is 5. The van der Waals surface area contributed by atoms with Gasteiger partial charge in [0.2, 0.25) is 5.82 Å². The van der Waals surface area contributed by atoms with Crippen molar-refractivity contribution in [3.8, 4) is 107 Å². The molecule has 0 amide bonds. The molecule has 0 bridgehead atoms. The highest BCUT2D eigenvalue weighted by Crippen LogP contribution is 2.39. The lowest BCUT2D eigenvalue weighted by Gasteiger charge is -2.28. The van der Waals surface area contributed by atoms with Crippen LogP contribution < -0.4 is 14.2 Å². The summed E-state index contributed by atoms with van der Waals surface area (Å²) >= 11 is 0. The predicted octanol–water partition coefficient (Wildman–Crippen LogP) is 27.4. The van der Waals surface area contributed by atoms with Crippen LogP contribution in [0.3, 0.4) is 0 Å². The first kappa shape index (κ1) is 86.3. The van der Waals surface area contributed by atoms with Gasteiger partial charge in [0.15, 0.2) is 23.2 Å². The minimum atomic E-state index is -0.953. The van der Waals surface area contributed by atoms with E-state index in [1.165, 1.54) is 77.2 Å². The van der Waals surface area contributed by atoms with Crippen molar-refractivity contribution in [2.24, 2.45) is 0 Å². The topological polar surface area (TPSA) is 90.2 Å². The molecule has 2 saturated carbocycles. The molecule has 0 aliphatic heterocycles. The molecule has 2 aliphatic rings. The van der Waals surface area contributed by atoms with E-state index in [9.17, 15) is 35.1 Å². The Morgan fingerprint density at radius 2 is 0.629 bits per heavy atom. The number of rotatable bonds is 14. The normalized spacial score (nSPS) is 14.6. The molecule has 2 aliphatic carbocycles. The molecule has 0 saturated heterocycles. The summed E-state index contributed by atoms with van der Waals surface area (Å²) < 4.78 is 135. The van der Waals surface area contributed by atoms with Crippen molar-refractivity contribution >= 4 is 0 Å². The summed E-state index contributed by atoms with van der Waals surface area (Å²) in [6.45, 7) is 8.97. The third-order valence-corrected chi connectivity index (χ3v) is 21.1. The van der Waals surface area contributed by atoms with Crippen LogP contribution in [0.4, 0.5) is 35.1 Å². The van der Waals surface area contributed by atoms with Crippen molar-refractivity contribution in [1.29, 1.82) is 5.26 Å². The van der Waals surface area contributed by atoms with Gasteiger partial charge in [-0.2, -0.15) is 9.65 Å². The number of benzene rings is 13. The van der Waals surface area contributed by atoms with Gasteiger partial charge in [0.25, 0.3) is 0 Å². The molecule has 0 spiro atoms. The lowest BCUT2D eigenvalue weighted by Crippen LogP contribution is -2.19. The Balaban J connectivity index is 0.000000148. The molecule has 0 unspecified atom stereocenters. The summed E-state index contributed by atoms with van der Waals surface area (Å²) in [6.07, 6.45) is 9.63. The number of phenols is 1. The zero-order valence-corrected chi connectivity index (χ0v) is 66.8. The molecule has 0 radical (unpaired) electrons. The smallest absolute Gasteiger partial charge is 0.201 e. The van der Waals surface area contributed by atoms with Crippen molar-refractivity contribution in [3.63, 3.8) is 0 Å². The highest BCUT2D eigenvalue weighted by Gasteiger charge is 2.25.